The number of carboxylic acid groups (broad SMARTS) is 1. The number of hydrogen-bond acceptors (Lipinski definition) is 5. The summed E-state index contributed by atoms with van der Waals surface area (Å²) in [6.45, 7) is 0.407. The zero-order valence-electron chi connectivity index (χ0n) is 10.5. The van der Waals surface area contributed by atoms with Crippen LogP contribution in [0.2, 0.25) is 0 Å². The highest BCUT2D eigenvalue weighted by molar-refractivity contribution is 5.97. The maximum atomic E-state index is 11.0. The number of carbonyl (C=O) groups excluding carboxylic acids is 1. The van der Waals surface area contributed by atoms with Crippen molar-refractivity contribution >= 4 is 28.7 Å². The zero-order chi connectivity index (χ0) is 14.5. The molecule has 7 heteroatoms. The Balaban J connectivity index is 2.25. The molecule has 0 aliphatic heterocycles. The van der Waals surface area contributed by atoms with E-state index in [2.05, 4.69) is 15.0 Å². The molecule has 7 nitrogen and oxygen atoms in total. The highest BCUT2D eigenvalue weighted by Gasteiger charge is 2.10. The summed E-state index contributed by atoms with van der Waals surface area (Å²) >= 11 is 0. The lowest BCUT2D eigenvalue weighted by Crippen LogP contribution is -2.18. The molecular formula is C13H13N3O4. The Labute approximate surface area is 114 Å². The number of rotatable bonds is 5. The van der Waals surface area contributed by atoms with E-state index in [1.807, 2.05) is 12.1 Å². The fourth-order valence-corrected chi connectivity index (χ4v) is 1.77. The molecule has 20 heavy (non-hydrogen) atoms. The highest BCUT2D eigenvalue weighted by Crippen LogP contribution is 2.22. The Morgan fingerprint density at radius 3 is 2.80 bits per heavy atom. The molecule has 0 unspecified atom stereocenters. The molecule has 0 fully saturated rings. The van der Waals surface area contributed by atoms with Gasteiger partial charge in [-0.25, -0.2) is 14.6 Å². The van der Waals surface area contributed by atoms with Gasteiger partial charge in [0.05, 0.1) is 5.52 Å². The van der Waals surface area contributed by atoms with Crippen LogP contribution in [-0.4, -0.2) is 35.3 Å². The number of aromatic carboxylic acids is 1. The standard InChI is InChI=1S/C13H13N3O4/c14-13(19)20-6-5-15-10-7-11(12(17)18)16-9-4-2-1-3-8(9)10/h1-4,7H,5-6H2,(H2,14,19)(H,15,16)(H,17,18). The summed E-state index contributed by atoms with van der Waals surface area (Å²) in [6.07, 6.45) is -0.849. The number of carboxylic acids is 1. The van der Waals surface area contributed by atoms with Crippen LogP contribution in [0.15, 0.2) is 30.3 Å². The molecule has 0 bridgehead atoms. The SMILES string of the molecule is NC(=O)OCCNc1cc(C(=O)O)nc2ccccc12. The molecule has 1 heterocycles. The van der Waals surface area contributed by atoms with E-state index in [0.29, 0.717) is 17.7 Å². The fraction of sp³-hybridized carbons (Fsp3) is 0.154. The van der Waals surface area contributed by atoms with Gasteiger partial charge in [0.1, 0.15) is 6.61 Å². The molecule has 0 atom stereocenters. The number of aromatic nitrogens is 1. The van der Waals surface area contributed by atoms with Crippen molar-refractivity contribution < 1.29 is 19.4 Å². The maximum absolute atomic E-state index is 11.0. The molecule has 0 spiro atoms. The third-order valence-corrected chi connectivity index (χ3v) is 2.60. The van der Waals surface area contributed by atoms with Crippen molar-refractivity contribution in [3.63, 3.8) is 0 Å². The Morgan fingerprint density at radius 2 is 2.10 bits per heavy atom. The predicted octanol–water partition coefficient (Wildman–Crippen LogP) is 1.44. The molecule has 0 aliphatic carbocycles. The van der Waals surface area contributed by atoms with Gasteiger partial charge >= 0.3 is 12.1 Å². The third kappa shape index (κ3) is 3.14. The second kappa shape index (κ2) is 5.87. The smallest absolute Gasteiger partial charge is 0.404 e. The second-order valence-electron chi connectivity index (χ2n) is 3.97. The molecule has 2 aromatic rings. The van der Waals surface area contributed by atoms with Crippen LogP contribution < -0.4 is 11.1 Å². The van der Waals surface area contributed by atoms with Crippen molar-refractivity contribution in [1.82, 2.24) is 4.98 Å². The number of hydrogen-bond donors (Lipinski definition) is 3. The van der Waals surface area contributed by atoms with Crippen LogP contribution in [0.1, 0.15) is 10.5 Å². The Bertz CT molecular complexity index is 657. The first-order valence-electron chi connectivity index (χ1n) is 5.87. The summed E-state index contributed by atoms with van der Waals surface area (Å²) in [7, 11) is 0. The van der Waals surface area contributed by atoms with Crippen LogP contribution in [0.4, 0.5) is 10.5 Å². The van der Waals surface area contributed by atoms with E-state index in [0.717, 1.165) is 5.39 Å². The minimum Gasteiger partial charge on any atom is -0.477 e. The van der Waals surface area contributed by atoms with Gasteiger partial charge in [-0.1, -0.05) is 18.2 Å². The van der Waals surface area contributed by atoms with Crippen molar-refractivity contribution in [3.8, 4) is 0 Å². The lowest BCUT2D eigenvalue weighted by Gasteiger charge is -2.10. The van der Waals surface area contributed by atoms with Crippen molar-refractivity contribution in [1.29, 1.82) is 0 Å². The van der Waals surface area contributed by atoms with Crippen molar-refractivity contribution in [2.45, 2.75) is 0 Å². The number of fused-ring (bicyclic) bond motifs is 1. The quantitative estimate of drug-likeness (QED) is 0.711. The number of amides is 1. The van der Waals surface area contributed by atoms with Crippen molar-refractivity contribution in [2.75, 3.05) is 18.5 Å². The molecule has 0 radical (unpaired) electrons. The molecule has 0 aliphatic rings. The third-order valence-electron chi connectivity index (χ3n) is 2.60. The lowest BCUT2D eigenvalue weighted by atomic mass is 10.1. The van der Waals surface area contributed by atoms with Crippen molar-refractivity contribution in [3.05, 3.63) is 36.0 Å². The highest BCUT2D eigenvalue weighted by atomic mass is 16.5. The van der Waals surface area contributed by atoms with E-state index in [9.17, 15) is 9.59 Å². The number of nitrogens with zero attached hydrogens (tertiary/aromatic N) is 1. The molecule has 1 aromatic carbocycles. The summed E-state index contributed by atoms with van der Waals surface area (Å²) in [5.41, 5.74) is 5.98. The Morgan fingerprint density at radius 1 is 1.35 bits per heavy atom. The number of pyridine rings is 1. The number of nitrogens with one attached hydrogen (secondary N) is 1. The van der Waals surface area contributed by atoms with Crippen LogP contribution >= 0.6 is 0 Å². The van der Waals surface area contributed by atoms with E-state index in [1.54, 1.807) is 12.1 Å². The van der Waals surface area contributed by atoms with E-state index in [4.69, 9.17) is 10.8 Å². The van der Waals surface area contributed by atoms with Gasteiger partial charge in [-0.2, -0.15) is 0 Å². The van der Waals surface area contributed by atoms with Crippen LogP contribution in [0.5, 0.6) is 0 Å². The molecule has 2 rings (SSSR count). The summed E-state index contributed by atoms with van der Waals surface area (Å²) in [4.78, 5) is 25.5. The van der Waals surface area contributed by atoms with Gasteiger partial charge in [0.15, 0.2) is 5.69 Å². The summed E-state index contributed by atoms with van der Waals surface area (Å²) < 4.78 is 4.60. The second-order valence-corrected chi connectivity index (χ2v) is 3.97. The minimum atomic E-state index is -1.10. The number of carbonyl (C=O) groups is 2. The largest absolute Gasteiger partial charge is 0.477 e. The number of anilines is 1. The van der Waals surface area contributed by atoms with Gasteiger partial charge in [-0.3, -0.25) is 0 Å². The van der Waals surface area contributed by atoms with Crippen LogP contribution in [0.3, 0.4) is 0 Å². The molecule has 0 saturated carbocycles. The number of nitrogens with two attached hydrogens (primary N) is 1. The van der Waals surface area contributed by atoms with E-state index in [1.165, 1.54) is 6.07 Å². The van der Waals surface area contributed by atoms with Gasteiger partial charge in [-0.15, -0.1) is 0 Å². The first-order valence-corrected chi connectivity index (χ1v) is 5.87. The summed E-state index contributed by atoms with van der Waals surface area (Å²) in [6, 6.07) is 8.60. The monoisotopic (exact) mass is 275 g/mol. The van der Waals surface area contributed by atoms with E-state index < -0.39 is 12.1 Å². The average Bonchev–Trinajstić information content (AvgIpc) is 2.42. The van der Waals surface area contributed by atoms with Crippen molar-refractivity contribution in [2.24, 2.45) is 5.73 Å². The molecule has 1 amide bonds. The fourth-order valence-electron chi connectivity index (χ4n) is 1.77. The maximum Gasteiger partial charge on any atom is 0.404 e. The van der Waals surface area contributed by atoms with E-state index in [-0.39, 0.29) is 12.3 Å². The predicted molar refractivity (Wildman–Crippen MR) is 72.7 cm³/mol. The first-order chi connectivity index (χ1) is 9.58. The molecule has 4 N–H and O–H groups in total. The Kier molecular flexibility index (Phi) is 3.99. The van der Waals surface area contributed by atoms with Crippen LogP contribution in [0.25, 0.3) is 10.9 Å². The summed E-state index contributed by atoms with van der Waals surface area (Å²) in [5, 5.41) is 12.8. The minimum absolute atomic E-state index is 0.0537. The molecular weight excluding hydrogens is 262 g/mol. The number of primary amides is 1. The topological polar surface area (TPSA) is 115 Å². The lowest BCUT2D eigenvalue weighted by molar-refractivity contribution is 0.0691. The average molecular weight is 275 g/mol. The van der Waals surface area contributed by atoms with Gasteiger partial charge in [-0.05, 0) is 12.1 Å². The number of para-hydroxylation sites is 1. The Hall–Kier alpha value is -2.83. The van der Waals surface area contributed by atoms with Crippen LogP contribution in [0, 0.1) is 0 Å². The number of ether oxygens (including phenoxy) is 1. The molecule has 0 saturated heterocycles. The number of benzene rings is 1. The normalized spacial score (nSPS) is 10.2. The van der Waals surface area contributed by atoms with E-state index >= 15 is 0 Å². The molecule has 104 valence electrons. The van der Waals surface area contributed by atoms with Gasteiger partial charge in [0.2, 0.25) is 0 Å². The molecule has 1 aromatic heterocycles. The zero-order valence-corrected chi connectivity index (χ0v) is 10.5. The first kappa shape index (κ1) is 13.6. The van der Waals surface area contributed by atoms with Gasteiger partial charge in [0.25, 0.3) is 0 Å². The summed E-state index contributed by atoms with van der Waals surface area (Å²) in [5.74, 6) is -1.10. The van der Waals surface area contributed by atoms with Gasteiger partial charge in [0, 0.05) is 17.6 Å². The van der Waals surface area contributed by atoms with Gasteiger partial charge < -0.3 is 20.9 Å². The van der Waals surface area contributed by atoms with Crippen LogP contribution in [-0.2, 0) is 4.74 Å².